The molecule has 2 aromatic heterocycles. The molecule has 0 atom stereocenters. The van der Waals surface area contributed by atoms with Gasteiger partial charge in [-0.1, -0.05) is 0 Å². The summed E-state index contributed by atoms with van der Waals surface area (Å²) in [5, 5.41) is 15.4. The Morgan fingerprint density at radius 2 is 2.04 bits per heavy atom. The van der Waals surface area contributed by atoms with Gasteiger partial charge in [-0.2, -0.15) is 0 Å². The fraction of sp³-hybridized carbons (Fsp3) is 0.200. The van der Waals surface area contributed by atoms with Crippen LogP contribution >= 0.6 is 11.3 Å². The minimum atomic E-state index is -0.144. The van der Waals surface area contributed by atoms with E-state index in [0.717, 1.165) is 10.7 Å². The van der Waals surface area contributed by atoms with E-state index < -0.39 is 0 Å². The maximum Gasteiger partial charge on any atom is 0.251 e. The lowest BCUT2D eigenvalue weighted by atomic mass is 10.2. The highest BCUT2D eigenvalue weighted by Crippen LogP contribution is 2.13. The van der Waals surface area contributed by atoms with Crippen LogP contribution in [-0.4, -0.2) is 33.0 Å². The number of hydrogen-bond acceptors (Lipinski definition) is 5. The summed E-state index contributed by atoms with van der Waals surface area (Å²) >= 11 is 1.52. The normalized spacial score (nSPS) is 10.7. The van der Waals surface area contributed by atoms with Crippen LogP contribution in [0.25, 0.3) is 4.96 Å². The molecule has 0 spiro atoms. The van der Waals surface area contributed by atoms with Gasteiger partial charge < -0.3 is 10.6 Å². The molecule has 0 saturated heterocycles. The van der Waals surface area contributed by atoms with Gasteiger partial charge in [-0.05, 0) is 24.3 Å². The molecule has 23 heavy (non-hydrogen) atoms. The molecule has 2 N–H and O–H groups in total. The summed E-state index contributed by atoms with van der Waals surface area (Å²) in [6, 6.07) is 6.78. The van der Waals surface area contributed by atoms with Gasteiger partial charge in [-0.25, -0.2) is 0 Å². The van der Waals surface area contributed by atoms with E-state index in [-0.39, 0.29) is 11.8 Å². The number of fused-ring (bicyclic) bond motifs is 1. The molecule has 0 bridgehead atoms. The Labute approximate surface area is 136 Å². The quantitative estimate of drug-likeness (QED) is 0.746. The van der Waals surface area contributed by atoms with E-state index in [1.54, 1.807) is 30.6 Å². The summed E-state index contributed by atoms with van der Waals surface area (Å²) in [6.07, 6.45) is 2.37. The minimum absolute atomic E-state index is 0.140. The highest BCUT2D eigenvalue weighted by atomic mass is 32.1. The van der Waals surface area contributed by atoms with Crippen LogP contribution in [-0.2, 0) is 11.2 Å². The molecule has 0 fully saturated rings. The highest BCUT2D eigenvalue weighted by Gasteiger charge is 2.08. The zero-order valence-electron chi connectivity index (χ0n) is 12.4. The molecule has 2 heterocycles. The average Bonchev–Trinajstić information content (AvgIpc) is 3.12. The van der Waals surface area contributed by atoms with Crippen molar-refractivity contribution in [3.63, 3.8) is 0 Å². The molecule has 1 aromatic carbocycles. The molecule has 0 unspecified atom stereocenters. The number of nitrogens with one attached hydrogen (secondary N) is 2. The van der Waals surface area contributed by atoms with Crippen molar-refractivity contribution in [2.24, 2.45) is 0 Å². The molecule has 0 aliphatic carbocycles. The van der Waals surface area contributed by atoms with Gasteiger partial charge in [0.15, 0.2) is 0 Å². The predicted molar refractivity (Wildman–Crippen MR) is 87.6 cm³/mol. The van der Waals surface area contributed by atoms with Crippen LogP contribution in [0.15, 0.2) is 36.0 Å². The Morgan fingerprint density at radius 1 is 1.26 bits per heavy atom. The lowest BCUT2D eigenvalue weighted by Crippen LogP contribution is -2.25. The fourth-order valence-corrected chi connectivity index (χ4v) is 3.02. The Morgan fingerprint density at radius 3 is 2.78 bits per heavy atom. The first-order chi connectivity index (χ1) is 11.1. The molecule has 0 radical (unpaired) electrons. The predicted octanol–water partition coefficient (Wildman–Crippen LogP) is 1.72. The van der Waals surface area contributed by atoms with E-state index in [4.69, 9.17) is 0 Å². The lowest BCUT2D eigenvalue weighted by Gasteiger charge is -2.06. The van der Waals surface area contributed by atoms with Gasteiger partial charge in [0.2, 0.25) is 10.9 Å². The maximum absolute atomic E-state index is 12.1. The summed E-state index contributed by atoms with van der Waals surface area (Å²) in [5.41, 5.74) is 2.29. The van der Waals surface area contributed by atoms with E-state index >= 15 is 0 Å². The Balaban J connectivity index is 1.55. The summed E-state index contributed by atoms with van der Waals surface area (Å²) in [5.74, 6) is -0.284. The van der Waals surface area contributed by atoms with Crippen molar-refractivity contribution in [3.05, 3.63) is 47.2 Å². The van der Waals surface area contributed by atoms with Gasteiger partial charge in [-0.3, -0.25) is 14.0 Å². The molecule has 7 nitrogen and oxygen atoms in total. The van der Waals surface area contributed by atoms with E-state index in [0.29, 0.717) is 24.2 Å². The highest BCUT2D eigenvalue weighted by molar-refractivity contribution is 7.15. The average molecular weight is 329 g/mol. The van der Waals surface area contributed by atoms with Gasteiger partial charge in [0.1, 0.15) is 6.33 Å². The van der Waals surface area contributed by atoms with E-state index in [1.807, 2.05) is 9.78 Å². The Kier molecular flexibility index (Phi) is 4.33. The van der Waals surface area contributed by atoms with Gasteiger partial charge in [0.05, 0.1) is 0 Å². The molecule has 8 heteroatoms. The van der Waals surface area contributed by atoms with Crippen LogP contribution in [0.1, 0.15) is 23.0 Å². The second-order valence-electron chi connectivity index (χ2n) is 4.97. The zero-order valence-corrected chi connectivity index (χ0v) is 13.3. The van der Waals surface area contributed by atoms with Crippen LogP contribution in [0.3, 0.4) is 0 Å². The third-order valence-electron chi connectivity index (χ3n) is 3.26. The smallest absolute Gasteiger partial charge is 0.251 e. The lowest BCUT2D eigenvalue weighted by molar-refractivity contribution is -0.114. The first-order valence-electron chi connectivity index (χ1n) is 7.05. The van der Waals surface area contributed by atoms with Gasteiger partial charge in [0, 0.05) is 42.2 Å². The summed E-state index contributed by atoms with van der Waals surface area (Å²) < 4.78 is 1.92. The van der Waals surface area contributed by atoms with E-state index in [9.17, 15) is 9.59 Å². The fourth-order valence-electron chi connectivity index (χ4n) is 2.17. The van der Waals surface area contributed by atoms with Crippen LogP contribution in [0.5, 0.6) is 0 Å². The molecule has 118 valence electrons. The zero-order chi connectivity index (χ0) is 16.2. The second kappa shape index (κ2) is 6.57. The molecular formula is C15H15N5O2S. The number of rotatable bonds is 5. The molecule has 0 aliphatic heterocycles. The maximum atomic E-state index is 12.1. The molecule has 2 amide bonds. The molecule has 3 rings (SSSR count). The first kappa shape index (κ1) is 15.2. The number of amides is 2. The number of anilines is 1. The number of carbonyl (C=O) groups is 2. The van der Waals surface area contributed by atoms with E-state index in [1.165, 1.54) is 18.3 Å². The van der Waals surface area contributed by atoms with Crippen LogP contribution in [0.2, 0.25) is 0 Å². The number of nitrogens with zero attached hydrogens (tertiary/aromatic N) is 3. The first-order valence-corrected chi connectivity index (χ1v) is 7.93. The Hall–Kier alpha value is -2.74. The van der Waals surface area contributed by atoms with Gasteiger partial charge in [-0.15, -0.1) is 21.5 Å². The third-order valence-corrected chi connectivity index (χ3v) is 4.14. The van der Waals surface area contributed by atoms with Gasteiger partial charge >= 0.3 is 0 Å². The largest absolute Gasteiger partial charge is 0.352 e. The van der Waals surface area contributed by atoms with Crippen molar-refractivity contribution in [3.8, 4) is 0 Å². The molecule has 0 saturated carbocycles. The minimum Gasteiger partial charge on any atom is -0.352 e. The number of carbonyl (C=O) groups excluding carboxylic acids is 2. The van der Waals surface area contributed by atoms with Crippen molar-refractivity contribution in [1.82, 2.24) is 19.9 Å². The number of aromatic nitrogens is 3. The number of hydrogen-bond donors (Lipinski definition) is 2. The standard InChI is InChI=1S/C15H15N5O2S/c1-10(21)18-12-4-2-11(3-5-12)14(22)16-7-6-13-8-23-15-19-17-9-20(13)15/h2-5,8-9H,6-7H2,1H3,(H,16,22)(H,18,21). The number of thiazole rings is 1. The molecule has 3 aromatic rings. The molecular weight excluding hydrogens is 314 g/mol. The number of benzene rings is 1. The van der Waals surface area contributed by atoms with Crippen molar-refractivity contribution < 1.29 is 9.59 Å². The van der Waals surface area contributed by atoms with Crippen molar-refractivity contribution in [2.75, 3.05) is 11.9 Å². The SMILES string of the molecule is CC(=O)Nc1ccc(C(=O)NCCc2csc3nncn23)cc1. The van der Waals surface area contributed by atoms with E-state index in [2.05, 4.69) is 20.8 Å². The second-order valence-corrected chi connectivity index (χ2v) is 5.81. The van der Waals surface area contributed by atoms with Crippen molar-refractivity contribution >= 4 is 33.8 Å². The monoisotopic (exact) mass is 329 g/mol. The van der Waals surface area contributed by atoms with Gasteiger partial charge in [0.25, 0.3) is 5.91 Å². The molecule has 0 aliphatic rings. The summed E-state index contributed by atoms with van der Waals surface area (Å²) in [7, 11) is 0. The van der Waals surface area contributed by atoms with Crippen LogP contribution in [0.4, 0.5) is 5.69 Å². The Bertz CT molecular complexity index is 837. The van der Waals surface area contributed by atoms with Crippen molar-refractivity contribution in [1.29, 1.82) is 0 Å². The topological polar surface area (TPSA) is 88.4 Å². The summed E-state index contributed by atoms with van der Waals surface area (Å²) in [6.45, 7) is 1.97. The third kappa shape index (κ3) is 3.54. The van der Waals surface area contributed by atoms with Crippen LogP contribution < -0.4 is 10.6 Å². The summed E-state index contributed by atoms with van der Waals surface area (Å²) in [4.78, 5) is 23.9. The van der Waals surface area contributed by atoms with Crippen LogP contribution in [0, 0.1) is 0 Å². The van der Waals surface area contributed by atoms with Crippen molar-refractivity contribution in [2.45, 2.75) is 13.3 Å².